The summed E-state index contributed by atoms with van der Waals surface area (Å²) in [5, 5.41) is 0. The maximum atomic E-state index is 11.0. The van der Waals surface area contributed by atoms with E-state index in [1.165, 1.54) is 5.56 Å². The van der Waals surface area contributed by atoms with Crippen molar-refractivity contribution in [2.45, 2.75) is 26.2 Å². The van der Waals surface area contributed by atoms with Gasteiger partial charge in [-0.2, -0.15) is 0 Å². The minimum Gasteiger partial charge on any atom is -0.414 e. The van der Waals surface area contributed by atoms with Gasteiger partial charge < -0.3 is 4.42 Å². The van der Waals surface area contributed by atoms with Crippen LogP contribution in [-0.2, 0) is 0 Å². The van der Waals surface area contributed by atoms with Gasteiger partial charge in [-0.15, -0.1) is 0 Å². The molecule has 1 aromatic carbocycles. The van der Waals surface area contributed by atoms with E-state index < -0.39 is 0 Å². The van der Waals surface area contributed by atoms with Gasteiger partial charge in [-0.25, -0.2) is 4.79 Å². The van der Waals surface area contributed by atoms with Gasteiger partial charge in [-0.1, -0.05) is 31.3 Å². The topological polar surface area (TPSA) is 30.2 Å². The first-order chi connectivity index (χ1) is 6.70. The molecule has 14 heavy (non-hydrogen) atoms. The average Bonchev–Trinajstić information content (AvgIpc) is 2.55. The number of rotatable bonds is 2. The third-order valence-corrected chi connectivity index (χ3v) is 3.34. The van der Waals surface area contributed by atoms with Crippen LogP contribution >= 0.6 is 11.3 Å². The van der Waals surface area contributed by atoms with Crippen LogP contribution in [0.4, 0.5) is 0 Å². The maximum Gasteiger partial charge on any atom is 0.396 e. The lowest BCUT2D eigenvalue weighted by molar-refractivity contribution is 0.584. The van der Waals surface area contributed by atoms with Crippen LogP contribution in [0.25, 0.3) is 10.3 Å². The summed E-state index contributed by atoms with van der Waals surface area (Å²) >= 11 is 1.16. The second-order valence-electron chi connectivity index (χ2n) is 3.47. The molecular weight excluding hydrogens is 196 g/mol. The Kier molecular flexibility index (Phi) is 2.42. The molecule has 0 spiro atoms. The van der Waals surface area contributed by atoms with E-state index in [1.54, 1.807) is 0 Å². The van der Waals surface area contributed by atoms with Crippen molar-refractivity contribution in [2.75, 3.05) is 0 Å². The van der Waals surface area contributed by atoms with E-state index in [9.17, 15) is 4.79 Å². The summed E-state index contributed by atoms with van der Waals surface area (Å²) in [5.74, 6) is 0.518. The van der Waals surface area contributed by atoms with Crippen LogP contribution in [-0.4, -0.2) is 0 Å². The Hall–Kier alpha value is -1.09. The minimum atomic E-state index is -0.221. The molecule has 0 saturated carbocycles. The Labute approximate surface area is 86.2 Å². The fraction of sp³-hybridized carbons (Fsp3) is 0.364. The molecule has 1 unspecified atom stereocenters. The Morgan fingerprint density at radius 3 is 3.00 bits per heavy atom. The highest BCUT2D eigenvalue weighted by molar-refractivity contribution is 7.16. The lowest BCUT2D eigenvalue weighted by Gasteiger charge is -2.07. The van der Waals surface area contributed by atoms with Crippen molar-refractivity contribution in [2.24, 2.45) is 0 Å². The van der Waals surface area contributed by atoms with Crippen molar-refractivity contribution in [3.05, 3.63) is 33.5 Å². The van der Waals surface area contributed by atoms with Gasteiger partial charge in [0.05, 0.1) is 4.70 Å². The monoisotopic (exact) mass is 208 g/mol. The molecule has 1 atom stereocenters. The molecule has 0 bridgehead atoms. The molecule has 0 N–H and O–H groups in total. The second kappa shape index (κ2) is 3.58. The molecule has 3 heteroatoms. The Morgan fingerprint density at radius 2 is 2.29 bits per heavy atom. The molecule has 1 aromatic heterocycles. The van der Waals surface area contributed by atoms with Crippen LogP contribution in [0.1, 0.15) is 31.7 Å². The highest BCUT2D eigenvalue weighted by atomic mass is 32.1. The third-order valence-electron chi connectivity index (χ3n) is 2.54. The number of hydrogen-bond acceptors (Lipinski definition) is 3. The van der Waals surface area contributed by atoms with Crippen molar-refractivity contribution in [3.63, 3.8) is 0 Å². The molecule has 0 aliphatic carbocycles. The van der Waals surface area contributed by atoms with Crippen molar-refractivity contribution in [1.82, 2.24) is 0 Å². The van der Waals surface area contributed by atoms with E-state index in [0.717, 1.165) is 28.0 Å². The number of fused-ring (bicyclic) bond motifs is 1. The highest BCUT2D eigenvalue weighted by Crippen LogP contribution is 2.24. The SMILES string of the molecule is CCC(C)c1ccc2sc(=O)oc2c1. The molecule has 0 saturated heterocycles. The summed E-state index contributed by atoms with van der Waals surface area (Å²) in [6, 6.07) is 6.01. The molecule has 0 aliphatic rings. The van der Waals surface area contributed by atoms with E-state index in [4.69, 9.17) is 4.42 Å². The van der Waals surface area contributed by atoms with Crippen molar-refractivity contribution >= 4 is 21.6 Å². The third kappa shape index (κ3) is 1.60. The molecule has 2 rings (SSSR count). The molecule has 2 aromatic rings. The van der Waals surface area contributed by atoms with E-state index in [1.807, 2.05) is 12.1 Å². The van der Waals surface area contributed by atoms with Crippen molar-refractivity contribution in [3.8, 4) is 0 Å². The molecule has 1 heterocycles. The molecule has 2 nitrogen and oxygen atoms in total. The average molecular weight is 208 g/mol. The molecule has 0 radical (unpaired) electrons. The van der Waals surface area contributed by atoms with Gasteiger partial charge >= 0.3 is 4.94 Å². The maximum absolute atomic E-state index is 11.0. The normalized spacial score (nSPS) is 13.3. The lowest BCUT2D eigenvalue weighted by Crippen LogP contribution is -1.89. The first-order valence-corrected chi connectivity index (χ1v) is 5.56. The predicted molar refractivity (Wildman–Crippen MR) is 59.1 cm³/mol. The summed E-state index contributed by atoms with van der Waals surface area (Å²) in [6.45, 7) is 4.32. The molecular formula is C11H12O2S. The Balaban J connectivity index is 2.55. The minimum absolute atomic E-state index is 0.221. The van der Waals surface area contributed by atoms with Gasteiger partial charge in [-0.05, 0) is 30.0 Å². The summed E-state index contributed by atoms with van der Waals surface area (Å²) in [6.07, 6.45) is 1.10. The molecule has 0 aliphatic heterocycles. The van der Waals surface area contributed by atoms with Crippen LogP contribution < -0.4 is 4.94 Å². The van der Waals surface area contributed by atoms with Gasteiger partial charge in [0.2, 0.25) is 0 Å². The largest absolute Gasteiger partial charge is 0.414 e. The van der Waals surface area contributed by atoms with Gasteiger partial charge in [0, 0.05) is 0 Å². The van der Waals surface area contributed by atoms with Crippen molar-refractivity contribution in [1.29, 1.82) is 0 Å². The smallest absolute Gasteiger partial charge is 0.396 e. The first-order valence-electron chi connectivity index (χ1n) is 4.74. The van der Waals surface area contributed by atoms with Crippen LogP contribution in [0.15, 0.2) is 27.4 Å². The number of benzene rings is 1. The number of hydrogen-bond donors (Lipinski definition) is 0. The van der Waals surface area contributed by atoms with Gasteiger partial charge in [0.1, 0.15) is 5.58 Å². The Morgan fingerprint density at radius 1 is 1.50 bits per heavy atom. The van der Waals surface area contributed by atoms with Crippen LogP contribution in [0.3, 0.4) is 0 Å². The lowest BCUT2D eigenvalue weighted by atomic mass is 9.99. The summed E-state index contributed by atoms with van der Waals surface area (Å²) in [4.78, 5) is 10.8. The molecule has 0 amide bonds. The predicted octanol–water partition coefficient (Wildman–Crippen LogP) is 3.37. The highest BCUT2D eigenvalue weighted by Gasteiger charge is 2.06. The van der Waals surface area contributed by atoms with Gasteiger partial charge in [0.15, 0.2) is 0 Å². The summed E-state index contributed by atoms with van der Waals surface area (Å²) in [7, 11) is 0. The van der Waals surface area contributed by atoms with Gasteiger partial charge in [0.25, 0.3) is 0 Å². The Bertz CT molecular complexity index is 495. The first kappa shape index (κ1) is 9.46. The quantitative estimate of drug-likeness (QED) is 0.757. The van der Waals surface area contributed by atoms with E-state index in [2.05, 4.69) is 19.9 Å². The van der Waals surface area contributed by atoms with E-state index in [0.29, 0.717) is 5.92 Å². The summed E-state index contributed by atoms with van der Waals surface area (Å²) < 4.78 is 6.00. The summed E-state index contributed by atoms with van der Waals surface area (Å²) in [5.41, 5.74) is 1.96. The second-order valence-corrected chi connectivity index (χ2v) is 4.45. The zero-order valence-electron chi connectivity index (χ0n) is 8.24. The van der Waals surface area contributed by atoms with Crippen LogP contribution in [0.2, 0.25) is 0 Å². The fourth-order valence-electron chi connectivity index (χ4n) is 1.43. The molecule has 0 fully saturated rings. The van der Waals surface area contributed by atoms with Crippen LogP contribution in [0, 0.1) is 0 Å². The van der Waals surface area contributed by atoms with Gasteiger partial charge in [-0.3, -0.25) is 0 Å². The fourth-order valence-corrected chi connectivity index (χ4v) is 2.08. The molecule has 74 valence electrons. The van der Waals surface area contributed by atoms with Crippen molar-refractivity contribution < 1.29 is 4.42 Å². The zero-order chi connectivity index (χ0) is 10.1. The van der Waals surface area contributed by atoms with E-state index >= 15 is 0 Å². The standard InChI is InChI=1S/C11H12O2S/c1-3-7(2)8-4-5-10-9(6-8)13-11(12)14-10/h4-7H,3H2,1-2H3. The zero-order valence-corrected chi connectivity index (χ0v) is 9.06. The van der Waals surface area contributed by atoms with Crippen LogP contribution in [0.5, 0.6) is 0 Å². The van der Waals surface area contributed by atoms with E-state index in [-0.39, 0.29) is 4.94 Å².